The summed E-state index contributed by atoms with van der Waals surface area (Å²) in [5, 5.41) is 0.740. The number of hydrogen-bond acceptors (Lipinski definition) is 3. The molecule has 0 aliphatic rings. The summed E-state index contributed by atoms with van der Waals surface area (Å²) in [6.45, 7) is 7.89. The first-order valence-electron chi connectivity index (χ1n) is 6.02. The zero-order chi connectivity index (χ0) is 13.4. The maximum absolute atomic E-state index is 13.9. The lowest BCUT2D eigenvalue weighted by Crippen LogP contribution is -2.13. The fraction of sp³-hybridized carbons (Fsp3) is 0.357. The third-order valence-electron chi connectivity index (χ3n) is 3.14. The van der Waals surface area contributed by atoms with Crippen molar-refractivity contribution in [3.8, 4) is 0 Å². The van der Waals surface area contributed by atoms with Crippen LogP contribution >= 0.6 is 0 Å². The van der Waals surface area contributed by atoms with Gasteiger partial charge in [-0.15, -0.1) is 0 Å². The molecule has 18 heavy (non-hydrogen) atoms. The number of nitrogen functional groups attached to an aromatic ring is 1. The number of fused-ring (bicyclic) bond motifs is 1. The molecular formula is C14H18FN3. The molecule has 96 valence electrons. The van der Waals surface area contributed by atoms with E-state index in [-0.39, 0.29) is 11.7 Å². The summed E-state index contributed by atoms with van der Waals surface area (Å²) in [6.07, 6.45) is 0. The molecule has 0 saturated carbocycles. The highest BCUT2D eigenvalue weighted by Gasteiger charge is 2.17. The Morgan fingerprint density at radius 2 is 1.94 bits per heavy atom. The molecule has 1 heterocycles. The van der Waals surface area contributed by atoms with Crippen molar-refractivity contribution >= 4 is 16.6 Å². The minimum Gasteiger partial charge on any atom is -0.323 e. The van der Waals surface area contributed by atoms with E-state index in [4.69, 9.17) is 5.84 Å². The van der Waals surface area contributed by atoms with Crippen molar-refractivity contribution in [2.24, 2.45) is 5.84 Å². The van der Waals surface area contributed by atoms with Crippen LogP contribution < -0.4 is 11.3 Å². The van der Waals surface area contributed by atoms with Crippen LogP contribution in [0.5, 0.6) is 0 Å². The minimum atomic E-state index is -0.306. The topological polar surface area (TPSA) is 50.9 Å². The number of nitrogens with two attached hydrogens (primary N) is 1. The van der Waals surface area contributed by atoms with Crippen LogP contribution in [0.1, 0.15) is 36.6 Å². The van der Waals surface area contributed by atoms with Gasteiger partial charge in [-0.25, -0.2) is 9.37 Å². The van der Waals surface area contributed by atoms with Gasteiger partial charge in [0.25, 0.3) is 0 Å². The van der Waals surface area contributed by atoms with E-state index in [1.54, 1.807) is 0 Å². The molecule has 1 aromatic heterocycles. The summed E-state index contributed by atoms with van der Waals surface area (Å²) in [4.78, 5) is 4.38. The molecule has 0 bridgehead atoms. The van der Waals surface area contributed by atoms with Gasteiger partial charge in [-0.3, -0.25) is 5.84 Å². The van der Waals surface area contributed by atoms with Crippen LogP contribution in [-0.4, -0.2) is 4.98 Å². The number of benzene rings is 1. The number of halogens is 1. The highest BCUT2D eigenvalue weighted by atomic mass is 19.1. The standard InChI is InChI=1S/C14H18FN3/c1-7(2)12-9(4)17-13-10(14(12)18-16)5-8(3)6-11(13)15/h5-7H,16H2,1-4H3,(H,17,18). The lowest BCUT2D eigenvalue weighted by atomic mass is 9.96. The third kappa shape index (κ3) is 1.93. The van der Waals surface area contributed by atoms with E-state index in [0.29, 0.717) is 5.52 Å². The lowest BCUT2D eigenvalue weighted by molar-refractivity contribution is 0.635. The summed E-state index contributed by atoms with van der Waals surface area (Å²) in [7, 11) is 0. The molecular weight excluding hydrogens is 229 g/mol. The second-order valence-corrected chi connectivity index (χ2v) is 4.93. The first-order valence-corrected chi connectivity index (χ1v) is 6.02. The Hall–Kier alpha value is -1.68. The Bertz CT molecular complexity index is 606. The van der Waals surface area contributed by atoms with E-state index in [0.717, 1.165) is 27.9 Å². The SMILES string of the molecule is Cc1cc(F)c2nc(C)c(C(C)C)c(NN)c2c1. The van der Waals surface area contributed by atoms with Crippen molar-refractivity contribution in [1.82, 2.24) is 4.98 Å². The van der Waals surface area contributed by atoms with Crippen molar-refractivity contribution in [1.29, 1.82) is 0 Å². The van der Waals surface area contributed by atoms with Crippen molar-refractivity contribution < 1.29 is 4.39 Å². The van der Waals surface area contributed by atoms with E-state index in [2.05, 4.69) is 24.3 Å². The molecule has 0 radical (unpaired) electrons. The minimum absolute atomic E-state index is 0.275. The Kier molecular flexibility index (Phi) is 3.22. The molecule has 0 aliphatic carbocycles. The van der Waals surface area contributed by atoms with Crippen LogP contribution in [0.4, 0.5) is 10.1 Å². The number of aromatic nitrogens is 1. The molecule has 0 fully saturated rings. The van der Waals surface area contributed by atoms with Gasteiger partial charge in [0.05, 0.1) is 5.69 Å². The van der Waals surface area contributed by atoms with Crippen molar-refractivity contribution in [2.45, 2.75) is 33.6 Å². The first-order chi connectivity index (χ1) is 8.45. The van der Waals surface area contributed by atoms with E-state index in [9.17, 15) is 4.39 Å². The maximum atomic E-state index is 13.9. The van der Waals surface area contributed by atoms with Crippen LogP contribution in [0.15, 0.2) is 12.1 Å². The van der Waals surface area contributed by atoms with Gasteiger partial charge in [-0.05, 0) is 37.5 Å². The molecule has 4 heteroatoms. The molecule has 3 N–H and O–H groups in total. The van der Waals surface area contributed by atoms with E-state index < -0.39 is 0 Å². The van der Waals surface area contributed by atoms with Gasteiger partial charge in [0.2, 0.25) is 0 Å². The smallest absolute Gasteiger partial charge is 0.149 e. The average Bonchev–Trinajstić information content (AvgIpc) is 2.28. The zero-order valence-electron chi connectivity index (χ0n) is 11.1. The predicted molar refractivity (Wildman–Crippen MR) is 73.1 cm³/mol. The summed E-state index contributed by atoms with van der Waals surface area (Å²) in [5.41, 5.74) is 6.56. The normalized spacial score (nSPS) is 11.3. The third-order valence-corrected chi connectivity index (χ3v) is 3.14. The van der Waals surface area contributed by atoms with Crippen molar-refractivity contribution in [2.75, 3.05) is 5.43 Å². The predicted octanol–water partition coefficient (Wildman–Crippen LogP) is 3.40. The van der Waals surface area contributed by atoms with Gasteiger partial charge in [0.15, 0.2) is 0 Å². The second kappa shape index (κ2) is 4.53. The number of nitrogens with zero attached hydrogens (tertiary/aromatic N) is 1. The van der Waals surface area contributed by atoms with Crippen molar-refractivity contribution in [3.05, 3.63) is 34.8 Å². The van der Waals surface area contributed by atoms with Crippen LogP contribution in [-0.2, 0) is 0 Å². The Morgan fingerprint density at radius 3 is 2.50 bits per heavy atom. The zero-order valence-corrected chi connectivity index (χ0v) is 11.1. The Balaban J connectivity index is 2.94. The fourth-order valence-electron chi connectivity index (χ4n) is 2.45. The van der Waals surface area contributed by atoms with E-state index in [1.165, 1.54) is 6.07 Å². The molecule has 0 amide bonds. The number of anilines is 1. The summed E-state index contributed by atoms with van der Waals surface area (Å²) < 4.78 is 13.9. The molecule has 0 spiro atoms. The molecule has 0 atom stereocenters. The average molecular weight is 247 g/mol. The van der Waals surface area contributed by atoms with Gasteiger partial charge in [0.1, 0.15) is 11.3 Å². The highest BCUT2D eigenvalue weighted by Crippen LogP contribution is 2.34. The van der Waals surface area contributed by atoms with Gasteiger partial charge in [-0.2, -0.15) is 0 Å². The number of aryl methyl sites for hydroxylation is 2. The summed E-state index contributed by atoms with van der Waals surface area (Å²) in [6, 6.07) is 3.40. The number of nitrogens with one attached hydrogen (secondary N) is 1. The van der Waals surface area contributed by atoms with Crippen LogP contribution in [0.25, 0.3) is 10.9 Å². The number of pyridine rings is 1. The van der Waals surface area contributed by atoms with Crippen LogP contribution in [0.3, 0.4) is 0 Å². The van der Waals surface area contributed by atoms with E-state index >= 15 is 0 Å². The van der Waals surface area contributed by atoms with Gasteiger partial charge >= 0.3 is 0 Å². The second-order valence-electron chi connectivity index (χ2n) is 4.93. The fourth-order valence-corrected chi connectivity index (χ4v) is 2.45. The first kappa shape index (κ1) is 12.8. The number of rotatable bonds is 2. The summed E-state index contributed by atoms with van der Waals surface area (Å²) in [5.74, 6) is 5.59. The van der Waals surface area contributed by atoms with Crippen LogP contribution in [0, 0.1) is 19.7 Å². The van der Waals surface area contributed by atoms with E-state index in [1.807, 2.05) is 19.9 Å². The summed E-state index contributed by atoms with van der Waals surface area (Å²) >= 11 is 0. The Labute approximate surface area is 106 Å². The Morgan fingerprint density at radius 1 is 1.28 bits per heavy atom. The largest absolute Gasteiger partial charge is 0.323 e. The van der Waals surface area contributed by atoms with Gasteiger partial charge in [0, 0.05) is 16.6 Å². The van der Waals surface area contributed by atoms with Gasteiger partial charge in [-0.1, -0.05) is 13.8 Å². The molecule has 2 rings (SSSR count). The molecule has 0 unspecified atom stereocenters. The maximum Gasteiger partial charge on any atom is 0.149 e. The van der Waals surface area contributed by atoms with Gasteiger partial charge < -0.3 is 5.43 Å². The van der Waals surface area contributed by atoms with Crippen molar-refractivity contribution in [3.63, 3.8) is 0 Å². The molecule has 0 saturated heterocycles. The molecule has 2 aromatic rings. The monoisotopic (exact) mass is 247 g/mol. The molecule has 3 nitrogen and oxygen atoms in total. The van der Waals surface area contributed by atoms with Crippen LogP contribution in [0.2, 0.25) is 0 Å². The number of hydrogen-bond donors (Lipinski definition) is 2. The number of hydrazine groups is 1. The molecule has 0 aliphatic heterocycles. The quantitative estimate of drug-likeness (QED) is 0.631. The molecule has 1 aromatic carbocycles. The highest BCUT2D eigenvalue weighted by molar-refractivity contribution is 5.94. The lowest BCUT2D eigenvalue weighted by Gasteiger charge is -2.18.